The van der Waals surface area contributed by atoms with Gasteiger partial charge < -0.3 is 5.32 Å². The Balaban J connectivity index is 1.50. The predicted octanol–water partition coefficient (Wildman–Crippen LogP) is 5.08. The van der Waals surface area contributed by atoms with Gasteiger partial charge >= 0.3 is 0 Å². The van der Waals surface area contributed by atoms with E-state index in [4.69, 9.17) is 0 Å². The summed E-state index contributed by atoms with van der Waals surface area (Å²) in [5.41, 5.74) is 3.46. The van der Waals surface area contributed by atoms with Gasteiger partial charge in [0.15, 0.2) is 0 Å². The lowest BCUT2D eigenvalue weighted by atomic mass is 9.77. The van der Waals surface area contributed by atoms with Crippen molar-refractivity contribution >= 4 is 15.7 Å². The molecule has 1 fully saturated rings. The van der Waals surface area contributed by atoms with Crippen LogP contribution in [0.1, 0.15) is 55.2 Å². The van der Waals surface area contributed by atoms with Crippen molar-refractivity contribution in [1.82, 2.24) is 4.31 Å². The highest BCUT2D eigenvalue weighted by molar-refractivity contribution is 7.89. The molecular weight excluding hydrogens is 380 g/mol. The number of sulfonamides is 1. The predicted molar refractivity (Wildman–Crippen MR) is 116 cm³/mol. The van der Waals surface area contributed by atoms with E-state index in [1.54, 1.807) is 10.4 Å². The number of rotatable bonds is 3. The second kappa shape index (κ2) is 7.62. The van der Waals surface area contributed by atoms with Gasteiger partial charge in [-0.15, -0.1) is 0 Å². The highest BCUT2D eigenvalue weighted by Gasteiger charge is 2.38. The quantitative estimate of drug-likeness (QED) is 0.721. The molecule has 3 unspecified atom stereocenters. The number of nitrogens with one attached hydrogen (secondary N) is 1. The van der Waals surface area contributed by atoms with E-state index in [0.29, 0.717) is 23.9 Å². The molecule has 0 amide bonds. The Kier molecular flexibility index (Phi) is 4.96. The Bertz CT molecular complexity index is 1010. The number of anilines is 1. The lowest BCUT2D eigenvalue weighted by Crippen LogP contribution is -2.33. The van der Waals surface area contributed by atoms with Gasteiger partial charge in [-0.2, -0.15) is 4.31 Å². The normalized spacial score (nSPS) is 27.0. The van der Waals surface area contributed by atoms with Crippen molar-refractivity contribution in [3.05, 3.63) is 71.8 Å². The van der Waals surface area contributed by atoms with Crippen LogP contribution in [0.25, 0.3) is 0 Å². The van der Waals surface area contributed by atoms with Crippen LogP contribution >= 0.6 is 0 Å². The second-order valence-electron chi connectivity index (χ2n) is 8.45. The van der Waals surface area contributed by atoms with Gasteiger partial charge in [0.1, 0.15) is 0 Å². The molecule has 2 aliphatic heterocycles. The van der Waals surface area contributed by atoms with Crippen molar-refractivity contribution in [1.29, 1.82) is 0 Å². The van der Waals surface area contributed by atoms with Gasteiger partial charge in [0.25, 0.3) is 0 Å². The maximum Gasteiger partial charge on any atom is 0.243 e. The molecular formula is C24H28N2O2S. The monoisotopic (exact) mass is 408 g/mol. The van der Waals surface area contributed by atoms with E-state index in [-0.39, 0.29) is 12.0 Å². The molecule has 0 aromatic heterocycles. The minimum absolute atomic E-state index is 0.247. The molecule has 1 aliphatic carbocycles. The van der Waals surface area contributed by atoms with E-state index in [2.05, 4.69) is 41.7 Å². The van der Waals surface area contributed by atoms with E-state index < -0.39 is 10.0 Å². The molecule has 4 nitrogen and oxygen atoms in total. The smallest absolute Gasteiger partial charge is 0.243 e. The summed E-state index contributed by atoms with van der Waals surface area (Å²) >= 11 is 0. The maximum absolute atomic E-state index is 13.3. The van der Waals surface area contributed by atoms with Gasteiger partial charge in [-0.1, -0.05) is 55.3 Å². The number of nitrogens with zero attached hydrogens (tertiary/aromatic N) is 1. The van der Waals surface area contributed by atoms with Crippen LogP contribution in [0, 0.1) is 5.92 Å². The van der Waals surface area contributed by atoms with Gasteiger partial charge in [0.05, 0.1) is 10.9 Å². The molecule has 0 radical (unpaired) electrons. The molecule has 0 bridgehead atoms. The van der Waals surface area contributed by atoms with Crippen LogP contribution in [-0.4, -0.2) is 25.8 Å². The molecule has 1 saturated heterocycles. The van der Waals surface area contributed by atoms with E-state index in [1.807, 2.05) is 18.2 Å². The third-order valence-corrected chi connectivity index (χ3v) is 8.59. The first kappa shape index (κ1) is 18.9. The van der Waals surface area contributed by atoms with Crippen LogP contribution in [-0.2, 0) is 10.0 Å². The summed E-state index contributed by atoms with van der Waals surface area (Å²) in [5, 5.41) is 3.70. The molecule has 1 N–H and O–H groups in total. The summed E-state index contributed by atoms with van der Waals surface area (Å²) < 4.78 is 28.3. The minimum atomic E-state index is -3.43. The molecule has 152 valence electrons. The minimum Gasteiger partial charge on any atom is -0.378 e. The van der Waals surface area contributed by atoms with Gasteiger partial charge in [-0.05, 0) is 54.5 Å². The first-order valence-corrected chi connectivity index (χ1v) is 12.2. The molecule has 5 heteroatoms. The first-order valence-electron chi connectivity index (χ1n) is 10.8. The highest BCUT2D eigenvalue weighted by atomic mass is 32.2. The van der Waals surface area contributed by atoms with Crippen LogP contribution in [0.2, 0.25) is 0 Å². The summed E-state index contributed by atoms with van der Waals surface area (Å²) in [6.07, 6.45) is 9.68. The molecule has 5 rings (SSSR count). The Labute approximate surface area is 173 Å². The lowest BCUT2D eigenvalue weighted by molar-refractivity contribution is 0.419. The van der Waals surface area contributed by atoms with Gasteiger partial charge in [-0.25, -0.2) is 8.42 Å². The zero-order valence-corrected chi connectivity index (χ0v) is 17.4. The number of fused-ring (bicyclic) bond motifs is 3. The summed E-state index contributed by atoms with van der Waals surface area (Å²) in [6.45, 7) is 1.28. The molecule has 2 aromatic rings. The van der Waals surface area contributed by atoms with Gasteiger partial charge in [0.2, 0.25) is 10.0 Å². The van der Waals surface area contributed by atoms with Gasteiger partial charge in [-0.3, -0.25) is 0 Å². The summed E-state index contributed by atoms with van der Waals surface area (Å²) in [6, 6.07) is 16.5. The third kappa shape index (κ3) is 3.40. The zero-order valence-electron chi connectivity index (χ0n) is 16.6. The molecule has 3 aliphatic rings. The Morgan fingerprint density at radius 3 is 2.45 bits per heavy atom. The molecule has 29 heavy (non-hydrogen) atoms. The van der Waals surface area contributed by atoms with Crippen molar-refractivity contribution < 1.29 is 8.42 Å². The Hall–Kier alpha value is -2.11. The van der Waals surface area contributed by atoms with Crippen LogP contribution in [0.15, 0.2) is 65.6 Å². The highest BCUT2D eigenvalue weighted by Crippen LogP contribution is 2.50. The van der Waals surface area contributed by atoms with Gasteiger partial charge in [0, 0.05) is 24.7 Å². The van der Waals surface area contributed by atoms with Crippen molar-refractivity contribution in [2.24, 2.45) is 5.92 Å². The number of hydrogen-bond acceptors (Lipinski definition) is 3. The first-order chi connectivity index (χ1) is 14.1. The lowest BCUT2D eigenvalue weighted by Gasteiger charge is -2.38. The standard InChI is InChI=1S/C24H28N2O2S/c27-29(28,26-15-6-1-2-7-16-26)19-13-14-23-22(17-19)20-11-8-12-21(20)24(25-23)18-9-4-3-5-10-18/h3-5,8-11,13-14,17,20-21,24-25H,1-2,6-7,12,15-16H2. The fourth-order valence-electron chi connectivity index (χ4n) is 5.15. The third-order valence-electron chi connectivity index (χ3n) is 6.70. The number of hydrogen-bond donors (Lipinski definition) is 1. The number of allylic oxidation sites excluding steroid dienone is 2. The van der Waals surface area contributed by atoms with Crippen molar-refractivity contribution in [2.45, 2.75) is 49.0 Å². The molecule has 0 saturated carbocycles. The van der Waals surface area contributed by atoms with Crippen molar-refractivity contribution in [3.8, 4) is 0 Å². The zero-order chi connectivity index (χ0) is 19.8. The number of benzene rings is 2. The average Bonchev–Trinajstić information content (AvgIpc) is 3.08. The summed E-state index contributed by atoms with van der Waals surface area (Å²) in [4.78, 5) is 0.442. The Morgan fingerprint density at radius 1 is 0.931 bits per heavy atom. The topological polar surface area (TPSA) is 49.4 Å². The van der Waals surface area contributed by atoms with E-state index >= 15 is 0 Å². The van der Waals surface area contributed by atoms with Crippen molar-refractivity contribution in [2.75, 3.05) is 18.4 Å². The fraction of sp³-hybridized carbons (Fsp3) is 0.417. The van der Waals surface area contributed by atoms with E-state index in [1.165, 1.54) is 5.56 Å². The summed E-state index contributed by atoms with van der Waals surface area (Å²) in [7, 11) is -3.43. The molecule has 0 spiro atoms. The fourth-order valence-corrected chi connectivity index (χ4v) is 6.71. The molecule has 2 aromatic carbocycles. The van der Waals surface area contributed by atoms with Crippen LogP contribution in [0.4, 0.5) is 5.69 Å². The second-order valence-corrected chi connectivity index (χ2v) is 10.4. The van der Waals surface area contributed by atoms with Crippen LogP contribution < -0.4 is 5.32 Å². The SMILES string of the molecule is O=S(=O)(c1ccc2c(c1)C1C=CCC1C(c1ccccc1)N2)N1CCCCCC1. The Morgan fingerprint density at radius 2 is 1.69 bits per heavy atom. The molecule has 2 heterocycles. The van der Waals surface area contributed by atoms with E-state index in [0.717, 1.165) is 43.4 Å². The van der Waals surface area contributed by atoms with E-state index in [9.17, 15) is 8.42 Å². The van der Waals surface area contributed by atoms with Crippen LogP contribution in [0.3, 0.4) is 0 Å². The largest absolute Gasteiger partial charge is 0.378 e. The van der Waals surface area contributed by atoms with Crippen molar-refractivity contribution in [3.63, 3.8) is 0 Å². The maximum atomic E-state index is 13.3. The summed E-state index contributed by atoms with van der Waals surface area (Å²) in [5.74, 6) is 0.678. The molecule has 3 atom stereocenters. The van der Waals surface area contributed by atoms with Crippen LogP contribution in [0.5, 0.6) is 0 Å². The average molecular weight is 409 g/mol.